The van der Waals surface area contributed by atoms with E-state index in [-0.39, 0.29) is 41.7 Å². The zero-order valence-electron chi connectivity index (χ0n) is 11.4. The van der Waals surface area contributed by atoms with Gasteiger partial charge in [0.2, 0.25) is 5.91 Å². The fourth-order valence-electron chi connectivity index (χ4n) is 2.35. The Bertz CT molecular complexity index is 626. The van der Waals surface area contributed by atoms with Gasteiger partial charge in [0.05, 0.1) is 17.6 Å². The molecule has 1 fully saturated rings. The maximum atomic E-state index is 12.1. The summed E-state index contributed by atoms with van der Waals surface area (Å²) in [6.45, 7) is 3.89. The van der Waals surface area contributed by atoms with E-state index in [9.17, 15) is 19.7 Å². The maximum absolute atomic E-state index is 12.1. The summed E-state index contributed by atoms with van der Waals surface area (Å²) in [7, 11) is 1.18. The summed E-state index contributed by atoms with van der Waals surface area (Å²) < 4.78 is 4.64. The lowest BCUT2D eigenvalue weighted by molar-refractivity contribution is -0.384. The molecule has 1 atom stereocenters. The van der Waals surface area contributed by atoms with E-state index in [1.54, 1.807) is 6.08 Å². The number of benzene rings is 1. The Balaban J connectivity index is 2.59. The smallest absolute Gasteiger partial charge is 0.340 e. The fraction of sp³-hybridized carbons (Fsp3) is 0.286. The molecule has 1 aliphatic heterocycles. The number of carbonyl (C=O) groups excluding carboxylic acids is 2. The van der Waals surface area contributed by atoms with E-state index in [0.717, 1.165) is 0 Å². The Morgan fingerprint density at radius 3 is 2.81 bits per heavy atom. The molecule has 110 valence electrons. The maximum Gasteiger partial charge on any atom is 0.340 e. The molecule has 0 aromatic heterocycles. The molecular formula is C14H14N2O5. The zero-order chi connectivity index (χ0) is 15.6. The van der Waals surface area contributed by atoms with Crippen LogP contribution in [0.1, 0.15) is 16.8 Å². The van der Waals surface area contributed by atoms with Crippen molar-refractivity contribution >= 4 is 23.3 Å². The van der Waals surface area contributed by atoms with Gasteiger partial charge >= 0.3 is 5.97 Å². The number of amides is 1. The van der Waals surface area contributed by atoms with E-state index in [1.165, 1.54) is 30.2 Å². The molecule has 1 aromatic rings. The summed E-state index contributed by atoms with van der Waals surface area (Å²) >= 11 is 0. The quantitative estimate of drug-likeness (QED) is 0.366. The summed E-state index contributed by atoms with van der Waals surface area (Å²) in [6, 6.07) is 4.05. The number of ether oxygens (including phenoxy) is 1. The van der Waals surface area contributed by atoms with Crippen LogP contribution in [0.25, 0.3) is 0 Å². The van der Waals surface area contributed by atoms with Crippen molar-refractivity contribution in [3.05, 3.63) is 46.5 Å². The molecule has 0 N–H and O–H groups in total. The number of nitro benzene ring substituents is 1. The number of carbonyl (C=O) groups is 2. The number of esters is 1. The number of methoxy groups -OCH3 is 1. The lowest BCUT2D eigenvalue weighted by Crippen LogP contribution is -2.27. The molecule has 1 saturated heterocycles. The van der Waals surface area contributed by atoms with Gasteiger partial charge in [0.15, 0.2) is 0 Å². The van der Waals surface area contributed by atoms with Crippen LogP contribution in [0.15, 0.2) is 30.9 Å². The lowest BCUT2D eigenvalue weighted by Gasteiger charge is -2.19. The summed E-state index contributed by atoms with van der Waals surface area (Å²) in [6.07, 6.45) is 1.85. The van der Waals surface area contributed by atoms with Gasteiger partial charge in [0, 0.05) is 24.9 Å². The molecule has 7 heteroatoms. The van der Waals surface area contributed by atoms with Crippen LogP contribution in [0.5, 0.6) is 0 Å². The molecule has 2 rings (SSSR count). The molecule has 1 unspecified atom stereocenters. The van der Waals surface area contributed by atoms with E-state index < -0.39 is 10.9 Å². The highest BCUT2D eigenvalue weighted by molar-refractivity contribution is 6.06. The van der Waals surface area contributed by atoms with E-state index >= 15 is 0 Å². The van der Waals surface area contributed by atoms with Crippen molar-refractivity contribution in [3.63, 3.8) is 0 Å². The van der Waals surface area contributed by atoms with Crippen molar-refractivity contribution in [1.82, 2.24) is 0 Å². The predicted molar refractivity (Wildman–Crippen MR) is 75.1 cm³/mol. The van der Waals surface area contributed by atoms with Crippen molar-refractivity contribution in [2.24, 2.45) is 5.92 Å². The number of hydrogen-bond acceptors (Lipinski definition) is 5. The number of para-hydroxylation sites is 1. The van der Waals surface area contributed by atoms with Crippen LogP contribution in [0.2, 0.25) is 0 Å². The SMILES string of the molecule is C=CC1CC(=O)N(c2c(C(=O)OC)cccc2[N+](=O)[O-])C1. The average molecular weight is 290 g/mol. The number of nitro groups is 1. The molecule has 1 heterocycles. The van der Waals surface area contributed by atoms with Gasteiger partial charge in [-0.05, 0) is 6.07 Å². The van der Waals surface area contributed by atoms with E-state index in [1.807, 2.05) is 0 Å². The lowest BCUT2D eigenvalue weighted by atomic mass is 10.1. The van der Waals surface area contributed by atoms with Crippen molar-refractivity contribution < 1.29 is 19.2 Å². The van der Waals surface area contributed by atoms with Crippen LogP contribution in [0, 0.1) is 16.0 Å². The van der Waals surface area contributed by atoms with Gasteiger partial charge < -0.3 is 9.64 Å². The number of hydrogen-bond donors (Lipinski definition) is 0. The third kappa shape index (κ3) is 2.62. The first-order chi connectivity index (χ1) is 9.99. The molecule has 0 radical (unpaired) electrons. The third-order valence-electron chi connectivity index (χ3n) is 3.37. The first kappa shape index (κ1) is 14.7. The van der Waals surface area contributed by atoms with E-state index in [0.29, 0.717) is 0 Å². The van der Waals surface area contributed by atoms with Crippen LogP contribution in [-0.4, -0.2) is 30.5 Å². The fourth-order valence-corrected chi connectivity index (χ4v) is 2.35. The molecular weight excluding hydrogens is 276 g/mol. The summed E-state index contributed by atoms with van der Waals surface area (Å²) in [5.74, 6) is -1.09. The topological polar surface area (TPSA) is 89.8 Å². The van der Waals surface area contributed by atoms with Gasteiger partial charge in [-0.1, -0.05) is 12.1 Å². The van der Waals surface area contributed by atoms with Crippen LogP contribution in [0.3, 0.4) is 0 Å². The van der Waals surface area contributed by atoms with Crippen molar-refractivity contribution in [2.45, 2.75) is 6.42 Å². The van der Waals surface area contributed by atoms with Crippen LogP contribution in [-0.2, 0) is 9.53 Å². The summed E-state index contributed by atoms with van der Waals surface area (Å²) in [5.41, 5.74) is -0.301. The second-order valence-corrected chi connectivity index (χ2v) is 4.63. The molecule has 1 aromatic carbocycles. The molecule has 0 aliphatic carbocycles. The second kappa shape index (κ2) is 5.74. The van der Waals surface area contributed by atoms with Gasteiger partial charge in [-0.3, -0.25) is 14.9 Å². The first-order valence-electron chi connectivity index (χ1n) is 6.28. The monoisotopic (exact) mass is 290 g/mol. The standard InChI is InChI=1S/C14H14N2O5/c1-3-9-7-12(17)15(8-9)13-10(14(18)21-2)5-4-6-11(13)16(19)20/h3-6,9H,1,7-8H2,2H3. The van der Waals surface area contributed by atoms with Crippen LogP contribution in [0.4, 0.5) is 11.4 Å². The molecule has 7 nitrogen and oxygen atoms in total. The number of rotatable bonds is 4. The number of anilines is 1. The zero-order valence-corrected chi connectivity index (χ0v) is 11.4. The summed E-state index contributed by atoms with van der Waals surface area (Å²) in [5, 5.41) is 11.2. The highest BCUT2D eigenvalue weighted by Crippen LogP contribution is 2.36. The van der Waals surface area contributed by atoms with Crippen LogP contribution >= 0.6 is 0 Å². The highest BCUT2D eigenvalue weighted by Gasteiger charge is 2.36. The molecule has 1 amide bonds. The Kier molecular flexibility index (Phi) is 4.02. The van der Waals surface area contributed by atoms with Gasteiger partial charge in [0.1, 0.15) is 5.69 Å². The predicted octanol–water partition coefficient (Wildman–Crippen LogP) is 1.92. The van der Waals surface area contributed by atoms with E-state index in [4.69, 9.17) is 0 Å². The Labute approximate surface area is 121 Å². The molecule has 21 heavy (non-hydrogen) atoms. The minimum absolute atomic E-state index is 0.00441. The van der Waals surface area contributed by atoms with Crippen LogP contribution < -0.4 is 4.90 Å². The minimum Gasteiger partial charge on any atom is -0.465 e. The summed E-state index contributed by atoms with van der Waals surface area (Å²) in [4.78, 5) is 35.7. The Morgan fingerprint density at radius 2 is 2.29 bits per heavy atom. The van der Waals surface area contributed by atoms with Gasteiger partial charge in [-0.15, -0.1) is 6.58 Å². The minimum atomic E-state index is -0.719. The van der Waals surface area contributed by atoms with E-state index in [2.05, 4.69) is 11.3 Å². The van der Waals surface area contributed by atoms with Gasteiger partial charge in [0.25, 0.3) is 5.69 Å². The Morgan fingerprint density at radius 1 is 1.57 bits per heavy atom. The highest BCUT2D eigenvalue weighted by atomic mass is 16.6. The first-order valence-corrected chi connectivity index (χ1v) is 6.28. The number of nitrogens with zero attached hydrogens (tertiary/aromatic N) is 2. The normalized spacial score (nSPS) is 17.7. The molecule has 0 bridgehead atoms. The average Bonchev–Trinajstić information content (AvgIpc) is 2.86. The largest absolute Gasteiger partial charge is 0.465 e. The second-order valence-electron chi connectivity index (χ2n) is 4.63. The molecule has 1 aliphatic rings. The van der Waals surface area contributed by atoms with Crippen molar-refractivity contribution in [2.75, 3.05) is 18.6 Å². The van der Waals surface area contributed by atoms with Crippen molar-refractivity contribution in [3.8, 4) is 0 Å². The third-order valence-corrected chi connectivity index (χ3v) is 3.37. The van der Waals surface area contributed by atoms with Crippen molar-refractivity contribution in [1.29, 1.82) is 0 Å². The molecule has 0 spiro atoms. The van der Waals surface area contributed by atoms with Gasteiger partial charge in [-0.2, -0.15) is 0 Å². The Hall–Kier alpha value is -2.70. The molecule has 0 saturated carbocycles. The van der Waals surface area contributed by atoms with Gasteiger partial charge in [-0.25, -0.2) is 4.79 Å².